The first-order chi connectivity index (χ1) is 9.88. The molecule has 0 atom stereocenters. The molecule has 5 nitrogen and oxygen atoms in total. The molecular weight excluding hydrogens is 322 g/mol. The molecule has 2 rings (SSSR count). The topological polar surface area (TPSA) is 79.3 Å². The molecule has 8 heteroatoms. The van der Waals surface area contributed by atoms with Gasteiger partial charge in [0.15, 0.2) is 0 Å². The van der Waals surface area contributed by atoms with E-state index in [-0.39, 0.29) is 27.0 Å². The molecule has 0 unspecified atom stereocenters. The summed E-state index contributed by atoms with van der Waals surface area (Å²) in [4.78, 5) is 26.8. The Morgan fingerprint density at radius 3 is 2.57 bits per heavy atom. The van der Waals surface area contributed by atoms with Gasteiger partial charge >= 0.3 is 5.97 Å². The summed E-state index contributed by atoms with van der Waals surface area (Å²) in [5, 5.41) is 11.5. The quantitative estimate of drug-likeness (QED) is 0.845. The van der Waals surface area contributed by atoms with Crippen LogP contribution in [0.4, 0.5) is 10.1 Å². The number of aromatic carboxylic acids is 1. The van der Waals surface area contributed by atoms with Crippen LogP contribution >= 0.6 is 23.2 Å². The van der Waals surface area contributed by atoms with Crippen LogP contribution in [0.1, 0.15) is 20.7 Å². The van der Waals surface area contributed by atoms with Crippen LogP contribution in [-0.2, 0) is 0 Å². The van der Waals surface area contributed by atoms with Crippen molar-refractivity contribution in [1.29, 1.82) is 0 Å². The van der Waals surface area contributed by atoms with E-state index < -0.39 is 17.7 Å². The van der Waals surface area contributed by atoms with E-state index in [2.05, 4.69) is 10.3 Å². The Kier molecular flexibility index (Phi) is 4.40. The van der Waals surface area contributed by atoms with Gasteiger partial charge in [-0.05, 0) is 24.3 Å². The Balaban J connectivity index is 2.36. The van der Waals surface area contributed by atoms with Gasteiger partial charge < -0.3 is 10.4 Å². The molecule has 0 aliphatic rings. The molecular formula is C13H7Cl2FN2O3. The number of nitrogens with one attached hydrogen (secondary N) is 1. The van der Waals surface area contributed by atoms with E-state index >= 15 is 0 Å². The fourth-order valence-corrected chi connectivity index (χ4v) is 1.93. The number of nitrogens with zero attached hydrogens (tertiary/aromatic N) is 1. The third kappa shape index (κ3) is 3.48. The molecule has 0 aliphatic heterocycles. The van der Waals surface area contributed by atoms with Crippen LogP contribution in [0.3, 0.4) is 0 Å². The average molecular weight is 329 g/mol. The second-order valence-electron chi connectivity index (χ2n) is 3.94. The van der Waals surface area contributed by atoms with Gasteiger partial charge in [-0.25, -0.2) is 14.2 Å². The molecule has 108 valence electrons. The lowest BCUT2D eigenvalue weighted by Gasteiger charge is -2.09. The van der Waals surface area contributed by atoms with E-state index in [1.807, 2.05) is 0 Å². The Bertz CT molecular complexity index is 737. The summed E-state index contributed by atoms with van der Waals surface area (Å²) in [5.41, 5.74) is -0.408. The lowest BCUT2D eigenvalue weighted by atomic mass is 10.1. The van der Waals surface area contributed by atoms with E-state index in [4.69, 9.17) is 28.3 Å². The Morgan fingerprint density at radius 1 is 1.19 bits per heavy atom. The molecule has 0 bridgehead atoms. The van der Waals surface area contributed by atoms with Crippen LogP contribution in [0.5, 0.6) is 0 Å². The van der Waals surface area contributed by atoms with E-state index in [0.717, 1.165) is 18.2 Å². The highest BCUT2D eigenvalue weighted by atomic mass is 35.5. The monoisotopic (exact) mass is 328 g/mol. The average Bonchev–Trinajstić information content (AvgIpc) is 2.43. The van der Waals surface area contributed by atoms with E-state index in [9.17, 15) is 14.0 Å². The third-order valence-electron chi connectivity index (χ3n) is 2.53. The summed E-state index contributed by atoms with van der Waals surface area (Å²) < 4.78 is 13.1. The van der Waals surface area contributed by atoms with Crippen molar-refractivity contribution >= 4 is 40.8 Å². The maximum Gasteiger partial charge on any atom is 0.337 e. The fourth-order valence-electron chi connectivity index (χ4n) is 1.58. The minimum Gasteiger partial charge on any atom is -0.478 e. The summed E-state index contributed by atoms with van der Waals surface area (Å²) >= 11 is 11.5. The number of carbonyl (C=O) groups is 2. The van der Waals surface area contributed by atoms with Crippen molar-refractivity contribution in [3.05, 3.63) is 57.6 Å². The summed E-state index contributed by atoms with van der Waals surface area (Å²) in [5.74, 6) is -2.78. The van der Waals surface area contributed by atoms with Crippen molar-refractivity contribution < 1.29 is 19.1 Å². The predicted molar refractivity (Wildman–Crippen MR) is 75.6 cm³/mol. The summed E-state index contributed by atoms with van der Waals surface area (Å²) in [6.45, 7) is 0. The van der Waals surface area contributed by atoms with E-state index in [1.54, 1.807) is 0 Å². The van der Waals surface area contributed by atoms with Crippen molar-refractivity contribution in [3.8, 4) is 0 Å². The van der Waals surface area contributed by atoms with Crippen molar-refractivity contribution in [1.82, 2.24) is 4.98 Å². The van der Waals surface area contributed by atoms with Crippen LogP contribution in [0.2, 0.25) is 10.2 Å². The second-order valence-corrected chi connectivity index (χ2v) is 4.73. The molecule has 1 aromatic carbocycles. The van der Waals surface area contributed by atoms with Gasteiger partial charge in [0.1, 0.15) is 11.0 Å². The van der Waals surface area contributed by atoms with Crippen LogP contribution in [-0.4, -0.2) is 22.0 Å². The standard InChI is InChI=1S/C13H7Cl2FN2O3/c14-9-5-17-11(15)4-7(9)12(19)18-10-2-1-6(16)3-8(10)13(20)21/h1-5H,(H,18,19)(H,20,21). The van der Waals surface area contributed by atoms with Gasteiger partial charge in [-0.2, -0.15) is 0 Å². The highest BCUT2D eigenvalue weighted by Crippen LogP contribution is 2.22. The first-order valence-corrected chi connectivity index (χ1v) is 6.29. The largest absolute Gasteiger partial charge is 0.478 e. The van der Waals surface area contributed by atoms with Gasteiger partial charge in [0, 0.05) is 6.20 Å². The number of benzene rings is 1. The summed E-state index contributed by atoms with van der Waals surface area (Å²) in [6, 6.07) is 4.22. The van der Waals surface area contributed by atoms with Crippen molar-refractivity contribution in [2.75, 3.05) is 5.32 Å². The molecule has 1 amide bonds. The number of halogens is 3. The number of amides is 1. The molecule has 0 radical (unpaired) electrons. The molecule has 1 aromatic heterocycles. The summed E-state index contributed by atoms with van der Waals surface area (Å²) in [7, 11) is 0. The Morgan fingerprint density at radius 2 is 1.90 bits per heavy atom. The van der Waals surface area contributed by atoms with Crippen molar-refractivity contribution in [2.24, 2.45) is 0 Å². The normalized spacial score (nSPS) is 10.2. The second kappa shape index (κ2) is 6.07. The lowest BCUT2D eigenvalue weighted by molar-refractivity contribution is 0.0697. The number of hydrogen-bond donors (Lipinski definition) is 2. The van der Waals surface area contributed by atoms with Gasteiger partial charge in [0.2, 0.25) is 0 Å². The predicted octanol–water partition coefficient (Wildman–Crippen LogP) is 3.48. The molecule has 0 saturated carbocycles. The molecule has 21 heavy (non-hydrogen) atoms. The van der Waals surface area contributed by atoms with Crippen molar-refractivity contribution in [2.45, 2.75) is 0 Å². The highest BCUT2D eigenvalue weighted by Gasteiger charge is 2.17. The first-order valence-electron chi connectivity index (χ1n) is 5.53. The van der Waals surface area contributed by atoms with Crippen LogP contribution in [0.15, 0.2) is 30.5 Å². The van der Waals surface area contributed by atoms with Gasteiger partial charge in [-0.1, -0.05) is 23.2 Å². The van der Waals surface area contributed by atoms with Crippen LogP contribution < -0.4 is 5.32 Å². The number of carboxylic acid groups (broad SMARTS) is 1. The van der Waals surface area contributed by atoms with Gasteiger partial charge in [0.25, 0.3) is 5.91 Å². The number of carboxylic acids is 1. The zero-order valence-electron chi connectivity index (χ0n) is 10.2. The first kappa shape index (κ1) is 15.2. The van der Waals surface area contributed by atoms with Gasteiger partial charge in [0.05, 0.1) is 21.8 Å². The zero-order chi connectivity index (χ0) is 15.6. The molecule has 0 fully saturated rings. The highest BCUT2D eigenvalue weighted by molar-refractivity contribution is 6.35. The fraction of sp³-hybridized carbons (Fsp3) is 0. The van der Waals surface area contributed by atoms with E-state index in [1.165, 1.54) is 12.3 Å². The zero-order valence-corrected chi connectivity index (χ0v) is 11.7. The molecule has 1 heterocycles. The number of aromatic nitrogens is 1. The minimum absolute atomic E-state index is 0.0253. The van der Waals surface area contributed by atoms with E-state index in [0.29, 0.717) is 0 Å². The van der Waals surface area contributed by atoms with Crippen LogP contribution in [0.25, 0.3) is 0 Å². The maximum atomic E-state index is 13.1. The maximum absolute atomic E-state index is 13.1. The Labute approximate surface area is 128 Å². The third-order valence-corrected chi connectivity index (χ3v) is 3.03. The molecule has 2 N–H and O–H groups in total. The minimum atomic E-state index is -1.37. The number of pyridine rings is 1. The van der Waals surface area contributed by atoms with Gasteiger partial charge in [-0.15, -0.1) is 0 Å². The number of rotatable bonds is 3. The summed E-state index contributed by atoms with van der Waals surface area (Å²) in [6.07, 6.45) is 1.20. The number of carbonyl (C=O) groups excluding carboxylic acids is 1. The molecule has 2 aromatic rings. The Hall–Kier alpha value is -2.18. The molecule has 0 spiro atoms. The van der Waals surface area contributed by atoms with Crippen molar-refractivity contribution in [3.63, 3.8) is 0 Å². The molecule has 0 saturated heterocycles. The van der Waals surface area contributed by atoms with Crippen LogP contribution in [0, 0.1) is 5.82 Å². The lowest BCUT2D eigenvalue weighted by Crippen LogP contribution is -2.15. The molecule has 0 aliphatic carbocycles. The number of anilines is 1. The SMILES string of the molecule is O=C(Nc1ccc(F)cc1C(=O)O)c1cc(Cl)ncc1Cl. The van der Waals surface area contributed by atoms with Gasteiger partial charge in [-0.3, -0.25) is 4.79 Å². The smallest absolute Gasteiger partial charge is 0.337 e. The number of hydrogen-bond acceptors (Lipinski definition) is 3.